The van der Waals surface area contributed by atoms with Crippen molar-refractivity contribution in [3.63, 3.8) is 0 Å². The summed E-state index contributed by atoms with van der Waals surface area (Å²) in [4.78, 5) is 11.1. The van der Waals surface area contributed by atoms with Crippen molar-refractivity contribution >= 4 is 28.3 Å². The third-order valence-corrected chi connectivity index (χ3v) is 4.80. The summed E-state index contributed by atoms with van der Waals surface area (Å²) in [6, 6.07) is 5.60. The molecular formula is C11H16ClN3O3S. The van der Waals surface area contributed by atoms with Crippen LogP contribution in [0.4, 0.5) is 0 Å². The largest absolute Gasteiger partial charge is 0.366 e. The number of amides is 1. The molecule has 2 rings (SSSR count). The maximum atomic E-state index is 12.3. The van der Waals surface area contributed by atoms with Crippen LogP contribution in [-0.2, 0) is 10.0 Å². The van der Waals surface area contributed by atoms with Crippen LogP contribution in [0.3, 0.4) is 0 Å². The number of sulfonamides is 1. The third kappa shape index (κ3) is 3.24. The first-order valence-electron chi connectivity index (χ1n) is 5.57. The van der Waals surface area contributed by atoms with E-state index in [0.717, 1.165) is 0 Å². The molecule has 0 saturated carbocycles. The normalized spacial score (nSPS) is 19.9. The zero-order chi connectivity index (χ0) is 13.3. The molecule has 0 unspecified atom stereocenters. The smallest absolute Gasteiger partial charge is 0.248 e. The zero-order valence-electron chi connectivity index (χ0n) is 10.2. The molecule has 0 spiro atoms. The Morgan fingerprint density at radius 3 is 2.58 bits per heavy atom. The number of benzene rings is 1. The Labute approximate surface area is 118 Å². The molecule has 1 saturated heterocycles. The van der Waals surface area contributed by atoms with Crippen molar-refractivity contribution < 1.29 is 13.2 Å². The Morgan fingerprint density at radius 2 is 2.05 bits per heavy atom. The minimum atomic E-state index is -3.58. The summed E-state index contributed by atoms with van der Waals surface area (Å²) in [5, 5.41) is 0. The van der Waals surface area contributed by atoms with Gasteiger partial charge in [0.15, 0.2) is 0 Å². The predicted molar refractivity (Wildman–Crippen MR) is 73.6 cm³/mol. The van der Waals surface area contributed by atoms with Crippen molar-refractivity contribution in [2.75, 3.05) is 13.1 Å². The Balaban J connectivity index is 0.00000180. The van der Waals surface area contributed by atoms with Gasteiger partial charge in [-0.1, -0.05) is 6.07 Å². The van der Waals surface area contributed by atoms with Gasteiger partial charge < -0.3 is 11.5 Å². The van der Waals surface area contributed by atoms with Gasteiger partial charge in [0.25, 0.3) is 0 Å². The quantitative estimate of drug-likeness (QED) is 0.815. The molecule has 1 heterocycles. The van der Waals surface area contributed by atoms with Crippen LogP contribution in [-0.4, -0.2) is 37.8 Å². The highest BCUT2D eigenvalue weighted by atomic mass is 35.5. The van der Waals surface area contributed by atoms with Gasteiger partial charge in [0, 0.05) is 24.7 Å². The minimum absolute atomic E-state index is 0. The maximum absolute atomic E-state index is 12.3. The number of hydrogen-bond acceptors (Lipinski definition) is 4. The maximum Gasteiger partial charge on any atom is 0.248 e. The molecule has 1 aliphatic heterocycles. The lowest BCUT2D eigenvalue weighted by molar-refractivity contribution is 0.1000. The molecule has 1 aromatic rings. The average Bonchev–Trinajstić information content (AvgIpc) is 2.77. The van der Waals surface area contributed by atoms with Crippen molar-refractivity contribution in [2.45, 2.75) is 17.4 Å². The fraction of sp³-hybridized carbons (Fsp3) is 0.364. The van der Waals surface area contributed by atoms with Crippen LogP contribution in [0, 0.1) is 0 Å². The Kier molecular flexibility index (Phi) is 4.92. The molecule has 0 radical (unpaired) electrons. The van der Waals surface area contributed by atoms with Gasteiger partial charge in [-0.15, -0.1) is 12.4 Å². The van der Waals surface area contributed by atoms with E-state index in [-0.39, 0.29) is 28.9 Å². The predicted octanol–water partition coefficient (Wildman–Crippen LogP) is -0.0710. The van der Waals surface area contributed by atoms with Crippen LogP contribution in [0.1, 0.15) is 16.8 Å². The molecule has 1 amide bonds. The van der Waals surface area contributed by atoms with E-state index in [1.54, 1.807) is 0 Å². The zero-order valence-corrected chi connectivity index (χ0v) is 11.8. The summed E-state index contributed by atoms with van der Waals surface area (Å²) in [6.07, 6.45) is 0.648. The van der Waals surface area contributed by atoms with Gasteiger partial charge >= 0.3 is 0 Å². The van der Waals surface area contributed by atoms with E-state index >= 15 is 0 Å². The summed E-state index contributed by atoms with van der Waals surface area (Å²) in [7, 11) is -3.58. The molecule has 6 nitrogen and oxygen atoms in total. The molecule has 19 heavy (non-hydrogen) atoms. The summed E-state index contributed by atoms with van der Waals surface area (Å²) in [5.74, 6) is -0.648. The minimum Gasteiger partial charge on any atom is -0.366 e. The average molecular weight is 306 g/mol. The fourth-order valence-electron chi connectivity index (χ4n) is 1.93. The molecule has 1 fully saturated rings. The van der Waals surface area contributed by atoms with Crippen molar-refractivity contribution in [3.8, 4) is 0 Å². The highest BCUT2D eigenvalue weighted by molar-refractivity contribution is 7.89. The number of hydrogen-bond donors (Lipinski definition) is 2. The number of primary amides is 1. The Morgan fingerprint density at radius 1 is 1.37 bits per heavy atom. The van der Waals surface area contributed by atoms with E-state index in [1.165, 1.54) is 28.6 Å². The van der Waals surface area contributed by atoms with E-state index < -0.39 is 15.9 Å². The number of nitrogens with two attached hydrogens (primary N) is 2. The topological polar surface area (TPSA) is 106 Å². The van der Waals surface area contributed by atoms with Crippen LogP contribution in [0.15, 0.2) is 29.2 Å². The lowest BCUT2D eigenvalue weighted by atomic mass is 10.2. The van der Waals surface area contributed by atoms with Gasteiger partial charge in [-0.2, -0.15) is 4.31 Å². The first kappa shape index (κ1) is 15.9. The molecule has 0 bridgehead atoms. The van der Waals surface area contributed by atoms with Crippen LogP contribution in [0.5, 0.6) is 0 Å². The van der Waals surface area contributed by atoms with E-state index in [9.17, 15) is 13.2 Å². The first-order valence-corrected chi connectivity index (χ1v) is 7.01. The van der Waals surface area contributed by atoms with Crippen molar-refractivity contribution in [1.29, 1.82) is 0 Å². The molecule has 1 aliphatic rings. The number of nitrogens with zero attached hydrogens (tertiary/aromatic N) is 1. The van der Waals surface area contributed by atoms with Gasteiger partial charge in [0.2, 0.25) is 15.9 Å². The van der Waals surface area contributed by atoms with Gasteiger partial charge in [0.1, 0.15) is 0 Å². The Bertz CT molecular complexity index is 576. The van der Waals surface area contributed by atoms with Crippen LogP contribution >= 0.6 is 12.4 Å². The first-order chi connectivity index (χ1) is 8.41. The second kappa shape index (κ2) is 5.87. The summed E-state index contributed by atoms with van der Waals surface area (Å²) >= 11 is 0. The molecule has 0 aliphatic carbocycles. The summed E-state index contributed by atoms with van der Waals surface area (Å²) in [6.45, 7) is 0.716. The van der Waals surface area contributed by atoms with Crippen LogP contribution in [0.2, 0.25) is 0 Å². The van der Waals surface area contributed by atoms with E-state index in [2.05, 4.69) is 0 Å². The van der Waals surface area contributed by atoms with E-state index in [0.29, 0.717) is 19.5 Å². The molecule has 106 valence electrons. The second-order valence-corrected chi connectivity index (χ2v) is 6.24. The second-order valence-electron chi connectivity index (χ2n) is 4.30. The molecule has 1 aromatic carbocycles. The monoisotopic (exact) mass is 305 g/mol. The van der Waals surface area contributed by atoms with Crippen LogP contribution in [0.25, 0.3) is 0 Å². The number of halogens is 1. The van der Waals surface area contributed by atoms with Gasteiger partial charge in [-0.25, -0.2) is 8.42 Å². The van der Waals surface area contributed by atoms with Crippen LogP contribution < -0.4 is 11.5 Å². The Hall–Kier alpha value is -1.15. The number of rotatable bonds is 3. The van der Waals surface area contributed by atoms with E-state index in [4.69, 9.17) is 11.5 Å². The standard InChI is InChI=1S/C11H15N3O3S.ClH/c12-9-4-5-14(7-9)18(16,17)10-3-1-2-8(6-10)11(13)15;/h1-3,6,9H,4-5,7,12H2,(H2,13,15);1H/t9-;/m0./s1. The lowest BCUT2D eigenvalue weighted by Crippen LogP contribution is -2.32. The number of carbonyl (C=O) groups excluding carboxylic acids is 1. The lowest BCUT2D eigenvalue weighted by Gasteiger charge is -2.16. The SMILES string of the molecule is Cl.NC(=O)c1cccc(S(=O)(=O)N2CC[C@H](N)C2)c1. The molecule has 1 atom stereocenters. The van der Waals surface area contributed by atoms with Crippen molar-refractivity contribution in [1.82, 2.24) is 4.31 Å². The molecular weight excluding hydrogens is 290 g/mol. The molecule has 8 heteroatoms. The van der Waals surface area contributed by atoms with Crippen molar-refractivity contribution in [3.05, 3.63) is 29.8 Å². The third-order valence-electron chi connectivity index (χ3n) is 2.94. The van der Waals surface area contributed by atoms with Crippen molar-refractivity contribution in [2.24, 2.45) is 11.5 Å². The van der Waals surface area contributed by atoms with Gasteiger partial charge in [-0.05, 0) is 24.6 Å². The summed E-state index contributed by atoms with van der Waals surface area (Å²) < 4.78 is 25.9. The highest BCUT2D eigenvalue weighted by Gasteiger charge is 2.31. The molecule has 4 N–H and O–H groups in total. The summed E-state index contributed by atoms with van der Waals surface area (Å²) in [5.41, 5.74) is 11.0. The fourth-order valence-corrected chi connectivity index (χ4v) is 3.49. The number of carbonyl (C=O) groups is 1. The highest BCUT2D eigenvalue weighted by Crippen LogP contribution is 2.21. The van der Waals surface area contributed by atoms with Gasteiger partial charge in [0.05, 0.1) is 4.90 Å². The molecule has 0 aromatic heterocycles. The van der Waals surface area contributed by atoms with E-state index in [1.807, 2.05) is 0 Å². The van der Waals surface area contributed by atoms with Gasteiger partial charge in [-0.3, -0.25) is 4.79 Å².